The first-order valence-electron chi connectivity index (χ1n) is 10.9. The molecule has 0 radical (unpaired) electrons. The smallest absolute Gasteiger partial charge is 0.332 e. The van der Waals surface area contributed by atoms with E-state index in [-0.39, 0.29) is 16.3 Å². The summed E-state index contributed by atoms with van der Waals surface area (Å²) >= 11 is 5.71. The number of halogens is 7. The molecule has 194 valence electrons. The lowest BCUT2D eigenvalue weighted by molar-refractivity contribution is -0.137. The summed E-state index contributed by atoms with van der Waals surface area (Å²) in [5.41, 5.74) is -0.788. The van der Waals surface area contributed by atoms with E-state index in [1.54, 1.807) is 12.1 Å². The molecule has 12 heteroatoms. The van der Waals surface area contributed by atoms with Gasteiger partial charge in [0.15, 0.2) is 0 Å². The molecule has 1 N–H and O–H groups in total. The maximum atomic E-state index is 14.6. The number of carbonyl (C=O) groups is 2. The molecule has 1 unspecified atom stereocenters. The molecule has 1 aliphatic rings. The van der Waals surface area contributed by atoms with Crippen LogP contribution in [0.4, 0.5) is 32.0 Å². The molecule has 2 aromatic carbocycles. The van der Waals surface area contributed by atoms with E-state index < -0.39 is 60.7 Å². The number of likely N-dealkylation sites (tertiary alicyclic amines) is 1. The summed E-state index contributed by atoms with van der Waals surface area (Å²) in [7, 11) is 0. The number of benzene rings is 2. The van der Waals surface area contributed by atoms with E-state index in [0.29, 0.717) is 23.3 Å². The Morgan fingerprint density at radius 2 is 1.73 bits per heavy atom. The summed E-state index contributed by atoms with van der Waals surface area (Å²) < 4.78 is 82.6. The van der Waals surface area contributed by atoms with Crippen molar-refractivity contribution in [1.82, 2.24) is 9.88 Å². The van der Waals surface area contributed by atoms with Crippen molar-refractivity contribution in [3.05, 3.63) is 82.9 Å². The Labute approximate surface area is 212 Å². The van der Waals surface area contributed by atoms with E-state index in [1.165, 1.54) is 24.5 Å². The Kier molecular flexibility index (Phi) is 7.18. The molecule has 1 saturated heterocycles. The molecule has 1 aliphatic heterocycles. The summed E-state index contributed by atoms with van der Waals surface area (Å²) in [4.78, 5) is 30.4. The Morgan fingerprint density at radius 3 is 2.41 bits per heavy atom. The molecule has 1 aromatic heterocycles. The number of carbonyl (C=O) groups excluding carboxylic acids is 2. The van der Waals surface area contributed by atoms with E-state index in [1.807, 2.05) is 0 Å². The van der Waals surface area contributed by atoms with Gasteiger partial charge in [-0.25, -0.2) is 13.2 Å². The molecule has 5 nitrogen and oxygen atoms in total. The number of hydrogen-bond donors (Lipinski definition) is 1. The molecule has 0 aliphatic carbocycles. The van der Waals surface area contributed by atoms with E-state index in [2.05, 4.69) is 10.3 Å². The minimum Gasteiger partial charge on any atom is -0.332 e. The molecule has 1 fully saturated rings. The number of piperidine rings is 1. The predicted octanol–water partition coefficient (Wildman–Crippen LogP) is 6.30. The SMILES string of the molecule is O=C(Nc1cc(Cl)cc(C(F)(F)F)c1)C1CN(C(=O)c2cc(F)cc(-c3ccncc3)c2)CC(F)(F)C1. The highest BCUT2D eigenvalue weighted by Gasteiger charge is 2.45. The first-order valence-corrected chi connectivity index (χ1v) is 11.3. The van der Waals surface area contributed by atoms with Crippen molar-refractivity contribution in [3.63, 3.8) is 0 Å². The van der Waals surface area contributed by atoms with Crippen LogP contribution in [0.25, 0.3) is 11.1 Å². The summed E-state index contributed by atoms with van der Waals surface area (Å²) in [6.45, 7) is -1.46. The number of alkyl halides is 5. The molecule has 4 rings (SSSR count). The van der Waals surface area contributed by atoms with Gasteiger partial charge in [0.2, 0.25) is 5.91 Å². The van der Waals surface area contributed by atoms with Gasteiger partial charge in [-0.2, -0.15) is 13.2 Å². The van der Waals surface area contributed by atoms with Gasteiger partial charge < -0.3 is 10.2 Å². The fraction of sp³-hybridized carbons (Fsp3) is 0.240. The zero-order valence-corrected chi connectivity index (χ0v) is 19.6. The normalized spacial score (nSPS) is 17.4. The van der Waals surface area contributed by atoms with Gasteiger partial charge in [-0.3, -0.25) is 14.6 Å². The third kappa shape index (κ3) is 6.40. The van der Waals surface area contributed by atoms with Crippen molar-refractivity contribution in [3.8, 4) is 11.1 Å². The van der Waals surface area contributed by atoms with Gasteiger partial charge in [0.1, 0.15) is 5.82 Å². The second kappa shape index (κ2) is 10.0. The molecule has 2 heterocycles. The van der Waals surface area contributed by atoms with Gasteiger partial charge in [0.05, 0.1) is 18.0 Å². The molecular weight excluding hydrogens is 524 g/mol. The van der Waals surface area contributed by atoms with Crippen molar-refractivity contribution in [2.45, 2.75) is 18.5 Å². The van der Waals surface area contributed by atoms with Crippen LogP contribution in [0.3, 0.4) is 0 Å². The number of hydrogen-bond acceptors (Lipinski definition) is 3. The van der Waals surface area contributed by atoms with E-state index in [4.69, 9.17) is 11.6 Å². The fourth-order valence-corrected chi connectivity index (χ4v) is 4.34. The van der Waals surface area contributed by atoms with E-state index in [0.717, 1.165) is 17.0 Å². The van der Waals surface area contributed by atoms with Crippen LogP contribution in [0, 0.1) is 11.7 Å². The van der Waals surface area contributed by atoms with Gasteiger partial charge in [0.25, 0.3) is 11.8 Å². The van der Waals surface area contributed by atoms with Crippen LogP contribution in [0.5, 0.6) is 0 Å². The van der Waals surface area contributed by atoms with Gasteiger partial charge in [0, 0.05) is 41.6 Å². The topological polar surface area (TPSA) is 62.3 Å². The van der Waals surface area contributed by atoms with Gasteiger partial charge in [-0.1, -0.05) is 11.6 Å². The number of aromatic nitrogens is 1. The number of pyridine rings is 1. The molecule has 3 aromatic rings. The summed E-state index contributed by atoms with van der Waals surface area (Å²) in [5, 5.41) is 1.87. The number of nitrogens with zero attached hydrogens (tertiary/aromatic N) is 2. The number of amides is 2. The standard InChI is InChI=1S/C25H18ClF6N3O2/c26-19-8-18(25(30,31)32)9-21(10-19)34-22(36)17-11-24(28,29)13-35(12-17)23(37)16-5-15(6-20(27)7-16)14-1-3-33-4-2-14/h1-10,17H,11-13H2,(H,34,36). The van der Waals surface area contributed by atoms with Crippen LogP contribution in [0.15, 0.2) is 60.9 Å². The fourth-order valence-electron chi connectivity index (χ4n) is 4.11. The highest BCUT2D eigenvalue weighted by Crippen LogP contribution is 2.35. The number of nitrogens with one attached hydrogen (secondary N) is 1. The summed E-state index contributed by atoms with van der Waals surface area (Å²) in [6, 6.07) is 8.91. The lowest BCUT2D eigenvalue weighted by atomic mass is 9.93. The summed E-state index contributed by atoms with van der Waals surface area (Å²) in [5.74, 6) is -7.62. The Hall–Kier alpha value is -3.60. The lowest BCUT2D eigenvalue weighted by Gasteiger charge is -2.37. The lowest BCUT2D eigenvalue weighted by Crippen LogP contribution is -2.52. The van der Waals surface area contributed by atoms with Crippen molar-refractivity contribution in [1.29, 1.82) is 0 Å². The predicted molar refractivity (Wildman–Crippen MR) is 124 cm³/mol. The minimum atomic E-state index is -4.74. The third-order valence-corrected chi connectivity index (χ3v) is 5.94. The van der Waals surface area contributed by atoms with E-state index >= 15 is 0 Å². The first-order chi connectivity index (χ1) is 17.3. The van der Waals surface area contributed by atoms with Crippen molar-refractivity contribution in [2.75, 3.05) is 18.4 Å². The highest BCUT2D eigenvalue weighted by molar-refractivity contribution is 6.31. The molecule has 0 bridgehead atoms. The second-order valence-electron chi connectivity index (χ2n) is 8.62. The Morgan fingerprint density at radius 1 is 1.03 bits per heavy atom. The maximum Gasteiger partial charge on any atom is 0.416 e. The molecule has 2 amide bonds. The largest absolute Gasteiger partial charge is 0.416 e. The molecular formula is C25H18ClF6N3O2. The monoisotopic (exact) mass is 541 g/mol. The minimum absolute atomic E-state index is 0.201. The average Bonchev–Trinajstić information content (AvgIpc) is 2.81. The maximum absolute atomic E-state index is 14.6. The van der Waals surface area contributed by atoms with Gasteiger partial charge in [-0.15, -0.1) is 0 Å². The van der Waals surface area contributed by atoms with Crippen LogP contribution in [-0.2, 0) is 11.0 Å². The Balaban J connectivity index is 1.56. The van der Waals surface area contributed by atoms with E-state index in [9.17, 15) is 35.9 Å². The third-order valence-electron chi connectivity index (χ3n) is 5.72. The zero-order chi connectivity index (χ0) is 27.0. The quantitative estimate of drug-likeness (QED) is 0.395. The Bertz CT molecular complexity index is 1330. The number of rotatable bonds is 4. The summed E-state index contributed by atoms with van der Waals surface area (Å²) in [6.07, 6.45) is -2.74. The van der Waals surface area contributed by atoms with Crippen LogP contribution in [0.1, 0.15) is 22.3 Å². The average molecular weight is 542 g/mol. The van der Waals surface area contributed by atoms with Crippen molar-refractivity contribution >= 4 is 29.1 Å². The van der Waals surface area contributed by atoms with Crippen LogP contribution in [0.2, 0.25) is 5.02 Å². The van der Waals surface area contributed by atoms with Crippen molar-refractivity contribution in [2.24, 2.45) is 5.92 Å². The van der Waals surface area contributed by atoms with Gasteiger partial charge >= 0.3 is 6.18 Å². The molecule has 0 spiro atoms. The van der Waals surface area contributed by atoms with Crippen LogP contribution < -0.4 is 5.32 Å². The second-order valence-corrected chi connectivity index (χ2v) is 9.06. The molecule has 0 saturated carbocycles. The van der Waals surface area contributed by atoms with Crippen LogP contribution >= 0.6 is 11.6 Å². The number of anilines is 1. The highest BCUT2D eigenvalue weighted by atomic mass is 35.5. The van der Waals surface area contributed by atoms with Crippen molar-refractivity contribution < 1.29 is 35.9 Å². The van der Waals surface area contributed by atoms with Crippen LogP contribution in [-0.4, -0.2) is 40.7 Å². The molecule has 1 atom stereocenters. The van der Waals surface area contributed by atoms with Gasteiger partial charge in [-0.05, 0) is 59.7 Å². The zero-order valence-electron chi connectivity index (χ0n) is 18.8. The molecule has 37 heavy (non-hydrogen) atoms. The first kappa shape index (κ1) is 26.5.